The maximum Gasteiger partial charge on any atom is 0.325 e. The Labute approximate surface area is 146 Å². The van der Waals surface area contributed by atoms with E-state index in [1.54, 1.807) is 23.8 Å². The number of hydrogen-bond donors (Lipinski definition) is 1. The van der Waals surface area contributed by atoms with E-state index in [-0.39, 0.29) is 19.1 Å². The molecule has 0 radical (unpaired) electrons. The van der Waals surface area contributed by atoms with Crippen molar-refractivity contribution in [3.8, 4) is 10.8 Å². The molecule has 3 heterocycles. The van der Waals surface area contributed by atoms with Gasteiger partial charge in [0.1, 0.15) is 13.2 Å². The second kappa shape index (κ2) is 7.41. The third-order valence-corrected chi connectivity index (χ3v) is 4.93. The molecule has 6 nitrogen and oxygen atoms in total. The fourth-order valence-corrected chi connectivity index (χ4v) is 3.44. The molecule has 0 aromatic carbocycles. The zero-order chi connectivity index (χ0) is 16.9. The Morgan fingerprint density at radius 2 is 2.21 bits per heavy atom. The molecule has 8 heteroatoms. The Balaban J connectivity index is 1.45. The van der Waals surface area contributed by atoms with Gasteiger partial charge < -0.3 is 14.5 Å². The predicted octanol–water partition coefficient (Wildman–Crippen LogP) is 3.25. The first-order valence-electron chi connectivity index (χ1n) is 7.10. The Morgan fingerprint density at radius 1 is 1.33 bits per heavy atom. The van der Waals surface area contributed by atoms with Crippen molar-refractivity contribution in [3.63, 3.8) is 0 Å². The Morgan fingerprint density at radius 3 is 2.92 bits per heavy atom. The van der Waals surface area contributed by atoms with E-state index in [0.29, 0.717) is 16.3 Å². The number of amides is 1. The summed E-state index contributed by atoms with van der Waals surface area (Å²) >= 11 is 2.79. The third-order valence-electron chi connectivity index (χ3n) is 3.02. The number of carbonyl (C=O) groups is 2. The van der Waals surface area contributed by atoms with Crippen LogP contribution in [0, 0.1) is 6.92 Å². The maximum absolute atomic E-state index is 11.8. The number of nitrogens with zero attached hydrogens (tertiary/aromatic N) is 1. The molecule has 0 aliphatic carbocycles. The number of esters is 1. The smallest absolute Gasteiger partial charge is 0.325 e. The minimum atomic E-state index is -0.510. The van der Waals surface area contributed by atoms with Crippen LogP contribution in [-0.4, -0.2) is 23.4 Å². The number of carbonyl (C=O) groups excluding carboxylic acids is 2. The predicted molar refractivity (Wildman–Crippen MR) is 91.0 cm³/mol. The van der Waals surface area contributed by atoms with Crippen LogP contribution in [-0.2, 0) is 16.1 Å². The Kier molecular flexibility index (Phi) is 5.07. The van der Waals surface area contributed by atoms with Crippen LogP contribution in [0.25, 0.3) is 10.8 Å². The first-order chi connectivity index (χ1) is 11.6. The summed E-state index contributed by atoms with van der Waals surface area (Å²) in [6.45, 7) is 1.80. The second-order valence-corrected chi connectivity index (χ2v) is 7.02. The van der Waals surface area contributed by atoms with Gasteiger partial charge in [-0.3, -0.25) is 9.59 Å². The molecule has 124 valence electrons. The first-order valence-corrected chi connectivity index (χ1v) is 8.80. The quantitative estimate of drug-likeness (QED) is 0.681. The number of aromatic nitrogens is 1. The van der Waals surface area contributed by atoms with Crippen LogP contribution in [0.5, 0.6) is 0 Å². The van der Waals surface area contributed by atoms with E-state index in [1.807, 2.05) is 19.1 Å². The van der Waals surface area contributed by atoms with Crippen molar-refractivity contribution in [3.05, 3.63) is 51.4 Å². The molecule has 1 N–H and O–H groups in total. The van der Waals surface area contributed by atoms with Gasteiger partial charge in [0.2, 0.25) is 0 Å². The summed E-state index contributed by atoms with van der Waals surface area (Å²) in [6.07, 6.45) is 1.58. The van der Waals surface area contributed by atoms with E-state index in [9.17, 15) is 9.59 Å². The number of rotatable bonds is 6. The molecule has 0 aliphatic heterocycles. The van der Waals surface area contributed by atoms with Crippen molar-refractivity contribution in [1.82, 2.24) is 10.3 Å². The third kappa shape index (κ3) is 4.09. The summed E-state index contributed by atoms with van der Waals surface area (Å²) in [6, 6.07) is 7.19. The van der Waals surface area contributed by atoms with Crippen LogP contribution in [0.2, 0.25) is 0 Å². The monoisotopic (exact) mass is 362 g/mol. The maximum atomic E-state index is 11.8. The summed E-state index contributed by atoms with van der Waals surface area (Å²) < 4.78 is 10.4. The minimum absolute atomic E-state index is 0.0595. The number of aryl methyl sites for hydroxylation is 1. The summed E-state index contributed by atoms with van der Waals surface area (Å²) in [4.78, 5) is 29.5. The van der Waals surface area contributed by atoms with Gasteiger partial charge in [-0.05, 0) is 31.2 Å². The largest absolute Gasteiger partial charge is 0.462 e. The van der Waals surface area contributed by atoms with Gasteiger partial charge in [0.25, 0.3) is 5.91 Å². The van der Waals surface area contributed by atoms with Gasteiger partial charge in [-0.1, -0.05) is 0 Å². The van der Waals surface area contributed by atoms with Crippen LogP contribution in [0.3, 0.4) is 0 Å². The van der Waals surface area contributed by atoms with Gasteiger partial charge in [-0.25, -0.2) is 4.98 Å². The highest BCUT2D eigenvalue weighted by Crippen LogP contribution is 2.24. The summed E-state index contributed by atoms with van der Waals surface area (Å²) in [5, 5.41) is 5.07. The van der Waals surface area contributed by atoms with Crippen molar-refractivity contribution >= 4 is 34.6 Å². The fourth-order valence-electron chi connectivity index (χ4n) is 1.89. The lowest BCUT2D eigenvalue weighted by molar-refractivity contribution is -0.143. The number of thiophene rings is 1. The minimum Gasteiger partial charge on any atom is -0.462 e. The van der Waals surface area contributed by atoms with Crippen molar-refractivity contribution in [2.24, 2.45) is 0 Å². The molecule has 3 rings (SSSR count). The Hall–Kier alpha value is -2.45. The highest BCUT2D eigenvalue weighted by atomic mass is 32.1. The summed E-state index contributed by atoms with van der Waals surface area (Å²) in [7, 11) is 0. The molecule has 1 amide bonds. The van der Waals surface area contributed by atoms with Gasteiger partial charge >= 0.3 is 5.97 Å². The lowest BCUT2D eigenvalue weighted by Crippen LogP contribution is -2.30. The van der Waals surface area contributed by atoms with Crippen LogP contribution in [0.1, 0.15) is 20.2 Å². The molecule has 3 aromatic heterocycles. The molecule has 0 saturated heterocycles. The lowest BCUT2D eigenvalue weighted by Gasteiger charge is -2.04. The van der Waals surface area contributed by atoms with Gasteiger partial charge in [0, 0.05) is 10.3 Å². The van der Waals surface area contributed by atoms with Crippen molar-refractivity contribution in [2.75, 3.05) is 6.54 Å². The fraction of sp³-hybridized carbons (Fsp3) is 0.188. The molecular formula is C16H14N2O4S2. The molecule has 3 aromatic rings. The first kappa shape index (κ1) is 16.4. The molecule has 0 atom stereocenters. The highest BCUT2D eigenvalue weighted by molar-refractivity contribution is 7.14. The van der Waals surface area contributed by atoms with Crippen molar-refractivity contribution < 1.29 is 18.7 Å². The van der Waals surface area contributed by atoms with Gasteiger partial charge in [-0.15, -0.1) is 22.7 Å². The highest BCUT2D eigenvalue weighted by Gasteiger charge is 2.12. The molecule has 0 bridgehead atoms. The lowest BCUT2D eigenvalue weighted by atomic mass is 10.4. The molecular weight excluding hydrogens is 348 g/mol. The van der Waals surface area contributed by atoms with Gasteiger partial charge in [0.15, 0.2) is 10.8 Å². The molecule has 0 saturated carbocycles. The van der Waals surface area contributed by atoms with Crippen LogP contribution in [0.15, 0.2) is 40.3 Å². The molecule has 0 unspecified atom stereocenters. The molecule has 0 aliphatic rings. The number of thiazole rings is 1. The van der Waals surface area contributed by atoms with Crippen LogP contribution >= 0.6 is 22.7 Å². The standard InChI is InChI=1S/C16H14N2O4S2/c1-10-4-5-13(24-10)15(20)17-7-14(19)22-8-11-9-23-16(18-11)12-3-2-6-21-12/h2-6,9H,7-8H2,1H3,(H,17,20). The van der Waals surface area contributed by atoms with E-state index < -0.39 is 5.97 Å². The summed E-state index contributed by atoms with van der Waals surface area (Å²) in [5.41, 5.74) is 0.639. The molecule has 24 heavy (non-hydrogen) atoms. The van der Waals surface area contributed by atoms with Crippen LogP contribution < -0.4 is 5.32 Å². The van der Waals surface area contributed by atoms with Crippen molar-refractivity contribution in [1.29, 1.82) is 0 Å². The number of hydrogen-bond acceptors (Lipinski definition) is 7. The van der Waals surface area contributed by atoms with E-state index in [4.69, 9.17) is 9.15 Å². The number of furan rings is 1. The number of nitrogens with one attached hydrogen (secondary N) is 1. The Bertz CT molecular complexity index is 836. The zero-order valence-corrected chi connectivity index (χ0v) is 14.4. The average molecular weight is 362 g/mol. The SMILES string of the molecule is Cc1ccc(C(=O)NCC(=O)OCc2csc(-c3ccco3)n2)s1. The van der Waals surface area contributed by atoms with E-state index in [0.717, 1.165) is 9.88 Å². The second-order valence-electron chi connectivity index (χ2n) is 4.87. The van der Waals surface area contributed by atoms with Crippen LogP contribution in [0.4, 0.5) is 0 Å². The van der Waals surface area contributed by atoms with E-state index in [2.05, 4.69) is 10.3 Å². The summed E-state index contributed by atoms with van der Waals surface area (Å²) in [5.74, 6) is -0.112. The normalized spacial score (nSPS) is 10.5. The number of ether oxygens (including phenoxy) is 1. The topological polar surface area (TPSA) is 81.4 Å². The molecule has 0 fully saturated rings. The van der Waals surface area contributed by atoms with E-state index in [1.165, 1.54) is 22.7 Å². The van der Waals surface area contributed by atoms with Gasteiger partial charge in [0.05, 0.1) is 16.8 Å². The molecule has 0 spiro atoms. The van der Waals surface area contributed by atoms with E-state index >= 15 is 0 Å². The average Bonchev–Trinajstić information content (AvgIpc) is 3.30. The zero-order valence-electron chi connectivity index (χ0n) is 12.8. The van der Waals surface area contributed by atoms with Crippen molar-refractivity contribution in [2.45, 2.75) is 13.5 Å². The van der Waals surface area contributed by atoms with Gasteiger partial charge in [-0.2, -0.15) is 0 Å².